The first-order valence-electron chi connectivity index (χ1n) is 26.3. The summed E-state index contributed by atoms with van der Waals surface area (Å²) in [7, 11) is 0. The fourth-order valence-corrected chi connectivity index (χ4v) is 12.6. The van der Waals surface area contributed by atoms with Gasteiger partial charge in [0.2, 0.25) is 5.73 Å². The van der Waals surface area contributed by atoms with Gasteiger partial charge in [-0.3, -0.25) is 5.82 Å². The SMILES string of the molecule is CCc1cccc(CC)c1N1CCN(c2c(CC)cccc2CC)[B@@-]2(C#Cc3ccccc3)CB(C3=[N+](c4c(CC)cccc4CC)CCN3c3c(CC)cccc3CC)C(c3ccccc3)=C12. The Kier molecular flexibility index (Phi) is 14.2. The molecule has 0 aliphatic carbocycles. The molecule has 6 aromatic carbocycles. The number of rotatable bonds is 14. The zero-order chi connectivity index (χ0) is 47.4. The zero-order valence-corrected chi connectivity index (χ0v) is 42.3. The lowest BCUT2D eigenvalue weighted by Gasteiger charge is -2.59. The van der Waals surface area contributed by atoms with Gasteiger partial charge in [-0.05, 0) is 120 Å². The molecule has 3 aliphatic rings. The summed E-state index contributed by atoms with van der Waals surface area (Å²) in [6.07, 6.45) is 6.87. The van der Waals surface area contributed by atoms with Crippen molar-refractivity contribution in [1.29, 1.82) is 0 Å². The number of fused-ring (bicyclic) bond motifs is 1. The largest absolute Gasteiger partial charge is 0.529 e. The van der Waals surface area contributed by atoms with Crippen LogP contribution in [0, 0.1) is 11.7 Å². The molecule has 1 saturated heterocycles. The fourth-order valence-electron chi connectivity index (χ4n) is 12.6. The molecule has 0 aromatic heterocycles. The first-order valence-corrected chi connectivity index (χ1v) is 26.3. The average molecular weight is 895 g/mol. The number of benzene rings is 6. The molecule has 0 bridgehead atoms. The van der Waals surface area contributed by atoms with E-state index in [2.05, 4.69) is 220 Å². The second-order valence-electron chi connectivity index (χ2n) is 19.1. The highest BCUT2D eigenvalue weighted by molar-refractivity contribution is 7.21. The maximum atomic E-state index is 4.38. The van der Waals surface area contributed by atoms with Gasteiger partial charge in [0.25, 0.3) is 6.71 Å². The van der Waals surface area contributed by atoms with Crippen molar-refractivity contribution in [3.63, 3.8) is 0 Å². The Bertz CT molecular complexity index is 2820. The number of para-hydroxylation sites is 4. The van der Waals surface area contributed by atoms with Gasteiger partial charge < -0.3 is 9.71 Å². The smallest absolute Gasteiger partial charge is 0.283 e. The van der Waals surface area contributed by atoms with Gasteiger partial charge in [-0.2, -0.15) is 0 Å². The van der Waals surface area contributed by atoms with Crippen LogP contribution in [0.3, 0.4) is 0 Å². The Hall–Kier alpha value is -6.18. The Morgan fingerprint density at radius 2 is 0.912 bits per heavy atom. The highest BCUT2D eigenvalue weighted by atomic mass is 15.3. The minimum absolute atomic E-state index is 0.0186. The van der Waals surface area contributed by atoms with Crippen molar-refractivity contribution in [2.24, 2.45) is 0 Å². The van der Waals surface area contributed by atoms with Crippen molar-refractivity contribution in [2.75, 3.05) is 40.8 Å². The highest BCUT2D eigenvalue weighted by Crippen LogP contribution is 2.51. The maximum absolute atomic E-state index is 4.38. The third kappa shape index (κ3) is 8.21. The monoisotopic (exact) mass is 895 g/mol. The molecule has 3 aliphatic heterocycles. The van der Waals surface area contributed by atoms with Gasteiger partial charge in [-0.25, -0.2) is 9.48 Å². The zero-order valence-electron chi connectivity index (χ0n) is 42.3. The maximum Gasteiger partial charge on any atom is 0.283 e. The quantitative estimate of drug-likeness (QED) is 0.0614. The Morgan fingerprint density at radius 3 is 1.40 bits per heavy atom. The lowest BCUT2D eigenvalue weighted by molar-refractivity contribution is -0.427. The molecule has 1 atom stereocenters. The summed E-state index contributed by atoms with van der Waals surface area (Å²) in [5.74, 6) is 8.34. The predicted molar refractivity (Wildman–Crippen MR) is 296 cm³/mol. The van der Waals surface area contributed by atoms with Crippen molar-refractivity contribution >= 4 is 47.0 Å². The minimum atomic E-state index is -1.80. The van der Waals surface area contributed by atoms with E-state index < -0.39 is 6.28 Å². The summed E-state index contributed by atoms with van der Waals surface area (Å²) in [6, 6.07) is 50.6. The Labute approximate surface area is 409 Å². The van der Waals surface area contributed by atoms with Gasteiger partial charge >= 0.3 is 0 Å². The van der Waals surface area contributed by atoms with E-state index in [0.717, 1.165) is 89.3 Å². The normalized spacial score (nSPS) is 17.0. The molecule has 346 valence electrons. The molecule has 6 heteroatoms. The lowest BCUT2D eigenvalue weighted by Crippen LogP contribution is -2.65. The second kappa shape index (κ2) is 20.6. The van der Waals surface area contributed by atoms with E-state index in [1.165, 1.54) is 89.6 Å². The molecule has 0 radical (unpaired) electrons. The van der Waals surface area contributed by atoms with E-state index in [9.17, 15) is 0 Å². The first-order chi connectivity index (χ1) is 33.4. The predicted octanol–water partition coefficient (Wildman–Crippen LogP) is 13.4. The number of anilines is 3. The molecule has 1 fully saturated rings. The Balaban J connectivity index is 1.48. The molecular weight excluding hydrogens is 822 g/mol. The van der Waals surface area contributed by atoms with Crippen LogP contribution < -0.4 is 14.6 Å². The van der Waals surface area contributed by atoms with E-state index in [4.69, 9.17) is 0 Å². The summed E-state index contributed by atoms with van der Waals surface area (Å²) in [4.78, 5) is 8.53. The highest BCUT2D eigenvalue weighted by Gasteiger charge is 2.57. The average Bonchev–Trinajstić information content (AvgIpc) is 3.99. The van der Waals surface area contributed by atoms with Crippen LogP contribution in [0.5, 0.6) is 0 Å². The van der Waals surface area contributed by atoms with E-state index in [1.54, 1.807) is 0 Å². The Morgan fingerprint density at radius 1 is 0.471 bits per heavy atom. The van der Waals surface area contributed by atoms with Gasteiger partial charge in [0, 0.05) is 23.5 Å². The van der Waals surface area contributed by atoms with Gasteiger partial charge in [0.1, 0.15) is 24.5 Å². The van der Waals surface area contributed by atoms with Crippen LogP contribution in [-0.4, -0.2) is 49.5 Å². The van der Waals surface area contributed by atoms with Crippen LogP contribution in [0.4, 0.5) is 22.7 Å². The van der Waals surface area contributed by atoms with Gasteiger partial charge in [-0.1, -0.05) is 182 Å². The number of amidine groups is 1. The molecule has 4 nitrogen and oxygen atoms in total. The summed E-state index contributed by atoms with van der Waals surface area (Å²) >= 11 is 0. The summed E-state index contributed by atoms with van der Waals surface area (Å²) < 4.78 is 2.81. The van der Waals surface area contributed by atoms with Gasteiger partial charge in [0.15, 0.2) is 6.28 Å². The van der Waals surface area contributed by atoms with E-state index >= 15 is 0 Å². The summed E-state index contributed by atoms with van der Waals surface area (Å²) in [5, 5.41) is 0. The molecule has 9 rings (SSSR count). The molecule has 0 unspecified atom stereocenters. The van der Waals surface area contributed by atoms with Crippen molar-refractivity contribution in [2.45, 2.75) is 113 Å². The van der Waals surface area contributed by atoms with Crippen LogP contribution >= 0.6 is 0 Å². The fraction of sp³-hybridized carbons (Fsp3) is 0.339. The summed E-state index contributed by atoms with van der Waals surface area (Å²) in [5.41, 5.74) is 23.6. The van der Waals surface area contributed by atoms with Crippen LogP contribution in [-0.2, 0) is 51.4 Å². The van der Waals surface area contributed by atoms with Crippen LogP contribution in [0.25, 0.3) is 5.47 Å². The van der Waals surface area contributed by atoms with Gasteiger partial charge in [-0.15, -0.1) is 17.7 Å². The third-order valence-corrected chi connectivity index (χ3v) is 15.7. The molecule has 0 saturated carbocycles. The van der Waals surface area contributed by atoms with E-state index in [-0.39, 0.29) is 6.71 Å². The molecule has 68 heavy (non-hydrogen) atoms. The van der Waals surface area contributed by atoms with Crippen molar-refractivity contribution < 1.29 is 4.58 Å². The lowest BCUT2D eigenvalue weighted by atomic mass is 9.23. The van der Waals surface area contributed by atoms with E-state index in [0.29, 0.717) is 0 Å². The third-order valence-electron chi connectivity index (χ3n) is 15.7. The second-order valence-corrected chi connectivity index (χ2v) is 19.1. The summed E-state index contributed by atoms with van der Waals surface area (Å²) in [6.45, 7) is 22.4. The number of nitrogens with zero attached hydrogens (tertiary/aromatic N) is 4. The van der Waals surface area contributed by atoms with Crippen molar-refractivity contribution in [3.05, 3.63) is 195 Å². The van der Waals surface area contributed by atoms with Gasteiger partial charge in [0.05, 0.1) is 0 Å². The van der Waals surface area contributed by atoms with Crippen LogP contribution in [0.15, 0.2) is 139 Å². The topological polar surface area (TPSA) is 12.7 Å². The number of aryl methyl sites for hydroxylation is 8. The molecular formula is C62H72B2N4. The number of hydrogen-bond acceptors (Lipinski definition) is 3. The molecule has 0 N–H and O–H groups in total. The van der Waals surface area contributed by atoms with Crippen molar-refractivity contribution in [3.8, 4) is 11.7 Å². The first kappa shape index (κ1) is 46.9. The van der Waals surface area contributed by atoms with Crippen LogP contribution in [0.1, 0.15) is 111 Å². The van der Waals surface area contributed by atoms with Crippen molar-refractivity contribution in [1.82, 2.24) is 0 Å². The molecule has 0 spiro atoms. The standard InChI is InChI=1S/C62H72B2N4/c1-9-47-31-23-32-48(10-2)57(47)65-43-44-68(60-53(15-7)37-26-38-54(60)16-8)64(40-39-46-27-19-17-20-28-46)45-63(56(61(64)65)55-29-21-18-22-30-55)62-66(58-49(11-3)33-24-34-50(58)12-4)41-42-67(62)59-51(13-5)35-25-36-52(59)14-6/h17-38H,9-16,41-45H2,1-8H3/t64-/m0/s1. The molecule has 6 aromatic rings. The minimum Gasteiger partial charge on any atom is -0.529 e. The number of hydrogen-bond donors (Lipinski definition) is 0. The van der Waals surface area contributed by atoms with Crippen LogP contribution in [0.2, 0.25) is 6.22 Å². The molecule has 0 amide bonds. The van der Waals surface area contributed by atoms with E-state index in [1.807, 2.05) is 0 Å². The molecule has 3 heterocycles.